The van der Waals surface area contributed by atoms with Crippen LogP contribution in [0.4, 0.5) is 47.3 Å². The molecule has 0 fully saturated rings. The van der Waals surface area contributed by atoms with Gasteiger partial charge in [-0.25, -0.2) is 27.7 Å². The number of hydrogen-bond acceptors (Lipinski definition) is 4. The topological polar surface area (TPSA) is 122 Å². The van der Waals surface area contributed by atoms with E-state index in [0.717, 1.165) is 42.5 Å². The zero-order chi connectivity index (χ0) is 28.4. The Bertz CT molecular complexity index is 1430. The lowest BCUT2D eigenvalue weighted by molar-refractivity contribution is -0.139. The third kappa shape index (κ3) is 5.86. The van der Waals surface area contributed by atoms with Crippen LogP contribution in [0.15, 0.2) is 54.6 Å². The Kier molecular flexibility index (Phi) is 7.96. The zero-order valence-electron chi connectivity index (χ0n) is 18.5. The fraction of sp³-hybridized carbons (Fsp3) is 0.0435. The first-order chi connectivity index (χ1) is 17.7. The maximum absolute atomic E-state index is 13.8. The zero-order valence-corrected chi connectivity index (χ0v) is 19.3. The van der Waals surface area contributed by atoms with Gasteiger partial charge in [-0.1, -0.05) is 17.7 Å². The first-order valence-electron chi connectivity index (χ1n) is 10.1. The van der Waals surface area contributed by atoms with Gasteiger partial charge >= 0.3 is 18.2 Å². The third-order valence-electron chi connectivity index (χ3n) is 4.83. The van der Waals surface area contributed by atoms with Gasteiger partial charge in [-0.15, -0.1) is 0 Å². The summed E-state index contributed by atoms with van der Waals surface area (Å²) in [5.74, 6) is -6.79. The van der Waals surface area contributed by atoms with E-state index >= 15 is 0 Å². The van der Waals surface area contributed by atoms with E-state index in [1.54, 1.807) is 5.32 Å². The van der Waals surface area contributed by atoms with Crippen molar-refractivity contribution in [3.05, 3.63) is 93.8 Å². The molecule has 0 bridgehead atoms. The van der Waals surface area contributed by atoms with Crippen molar-refractivity contribution in [1.82, 2.24) is 5.32 Å². The van der Waals surface area contributed by atoms with Crippen molar-refractivity contribution in [3.8, 4) is 0 Å². The number of urea groups is 2. The van der Waals surface area contributed by atoms with Gasteiger partial charge in [0.1, 0.15) is 28.6 Å². The van der Waals surface area contributed by atoms with Crippen LogP contribution in [0.3, 0.4) is 0 Å². The number of nitrogens with one attached hydrogen (secondary N) is 2. The number of carbonyl (C=O) groups excluding carboxylic acids is 4. The molecule has 15 heteroatoms. The largest absolute Gasteiger partial charge is 0.420 e. The second kappa shape index (κ2) is 10.8. The number of anilines is 2. The molecular weight excluding hydrogens is 546 g/mol. The Morgan fingerprint density at radius 2 is 1.42 bits per heavy atom. The molecule has 3 aromatic carbocycles. The molecule has 0 aromatic heterocycles. The van der Waals surface area contributed by atoms with E-state index in [4.69, 9.17) is 17.3 Å². The minimum atomic E-state index is -5.25. The average molecular weight is 559 g/mol. The summed E-state index contributed by atoms with van der Waals surface area (Å²) in [5, 5.41) is 2.57. The van der Waals surface area contributed by atoms with Crippen LogP contribution < -0.4 is 21.3 Å². The maximum atomic E-state index is 13.8. The second-order valence-electron chi connectivity index (χ2n) is 7.31. The Morgan fingerprint density at radius 1 is 0.842 bits per heavy atom. The molecule has 6 amide bonds. The number of nitrogens with zero attached hydrogens (tertiary/aromatic N) is 1. The summed E-state index contributed by atoms with van der Waals surface area (Å²) in [6.07, 6.45) is -5.25. The van der Waals surface area contributed by atoms with Crippen molar-refractivity contribution < 1.29 is 45.5 Å². The van der Waals surface area contributed by atoms with E-state index in [1.165, 1.54) is 0 Å². The minimum absolute atomic E-state index is 0.0503. The van der Waals surface area contributed by atoms with Crippen LogP contribution in [0, 0.1) is 17.5 Å². The molecule has 0 aliphatic heterocycles. The molecule has 0 heterocycles. The van der Waals surface area contributed by atoms with Crippen LogP contribution in [-0.4, -0.2) is 23.9 Å². The van der Waals surface area contributed by atoms with Gasteiger partial charge in [-0.05, 0) is 48.5 Å². The Labute approximate surface area is 214 Å². The molecule has 8 nitrogen and oxygen atoms in total. The number of alkyl halides is 3. The number of imide groups is 2. The first-order valence-corrected chi connectivity index (χ1v) is 10.5. The van der Waals surface area contributed by atoms with Gasteiger partial charge in [0.25, 0.3) is 11.8 Å². The van der Waals surface area contributed by atoms with Crippen LogP contribution in [0.1, 0.15) is 26.3 Å². The number of rotatable bonds is 4. The Hall–Kier alpha value is -4.59. The molecule has 0 atom stereocenters. The van der Waals surface area contributed by atoms with Crippen molar-refractivity contribution >= 4 is 46.9 Å². The molecule has 4 N–H and O–H groups in total. The summed E-state index contributed by atoms with van der Waals surface area (Å²) in [7, 11) is 0. The van der Waals surface area contributed by atoms with Gasteiger partial charge in [-0.3, -0.25) is 14.9 Å². The minimum Gasteiger partial charge on any atom is -0.351 e. The van der Waals surface area contributed by atoms with Crippen LogP contribution in [-0.2, 0) is 6.18 Å². The number of benzene rings is 3. The summed E-state index contributed by atoms with van der Waals surface area (Å²) in [6, 6.07) is 5.14. The number of carbonyl (C=O) groups is 4. The van der Waals surface area contributed by atoms with Gasteiger partial charge < -0.3 is 11.1 Å². The predicted molar refractivity (Wildman–Crippen MR) is 122 cm³/mol. The number of halogens is 7. The molecule has 3 aromatic rings. The molecule has 0 aliphatic carbocycles. The summed E-state index contributed by atoms with van der Waals surface area (Å²) in [6.45, 7) is 0. The molecule has 0 unspecified atom stereocenters. The molecule has 0 radical (unpaired) electrons. The van der Waals surface area contributed by atoms with Crippen LogP contribution in [0.25, 0.3) is 0 Å². The molecule has 0 saturated carbocycles. The number of primary amides is 1. The monoisotopic (exact) mass is 558 g/mol. The standard InChI is InChI=1S/C23H13ClF6N4O4/c24-18-15(9-8-14(27)17(18)23(28,29)30)34(21(31)37)20(36)10-4-6-11(7-5-10)32-22(38)33-19(35)16-12(25)2-1-3-13(16)26/h1-9H,(H2,31,37)(H2,32,33,35,38). The smallest absolute Gasteiger partial charge is 0.351 e. The molecule has 0 spiro atoms. The van der Waals surface area contributed by atoms with Gasteiger partial charge in [0.05, 0.1) is 10.7 Å². The van der Waals surface area contributed by atoms with Gasteiger partial charge in [-0.2, -0.15) is 13.2 Å². The fourth-order valence-corrected chi connectivity index (χ4v) is 3.52. The van der Waals surface area contributed by atoms with Crippen molar-refractivity contribution in [2.45, 2.75) is 6.18 Å². The highest BCUT2D eigenvalue weighted by atomic mass is 35.5. The van der Waals surface area contributed by atoms with Gasteiger partial charge in [0.15, 0.2) is 0 Å². The highest BCUT2D eigenvalue weighted by molar-refractivity contribution is 6.36. The fourth-order valence-electron chi connectivity index (χ4n) is 3.17. The maximum Gasteiger partial charge on any atom is 0.420 e. The van der Waals surface area contributed by atoms with Crippen LogP contribution in [0.2, 0.25) is 5.02 Å². The number of amides is 6. The SMILES string of the molecule is NC(=O)N(C(=O)c1ccc(NC(=O)NC(=O)c2c(F)cccc2F)cc1)c1ccc(F)c(C(F)(F)F)c1Cl. The number of hydrogen-bond donors (Lipinski definition) is 3. The van der Waals surface area contributed by atoms with E-state index < -0.39 is 69.3 Å². The highest BCUT2D eigenvalue weighted by Crippen LogP contribution is 2.41. The number of nitrogens with two attached hydrogens (primary N) is 1. The van der Waals surface area contributed by atoms with Crippen molar-refractivity contribution in [1.29, 1.82) is 0 Å². The first kappa shape index (κ1) is 28.0. The summed E-state index contributed by atoms with van der Waals surface area (Å²) in [4.78, 5) is 48.9. The van der Waals surface area contributed by atoms with Gasteiger partial charge in [0.2, 0.25) is 0 Å². The lowest BCUT2D eigenvalue weighted by Crippen LogP contribution is -2.41. The molecule has 38 heavy (non-hydrogen) atoms. The molecule has 198 valence electrons. The van der Waals surface area contributed by atoms with E-state index in [0.29, 0.717) is 12.1 Å². The summed E-state index contributed by atoms with van der Waals surface area (Å²) in [5.41, 5.74) is 1.05. The van der Waals surface area contributed by atoms with Crippen molar-refractivity contribution in [3.63, 3.8) is 0 Å². The molecule has 3 rings (SSSR count). The van der Waals surface area contributed by atoms with Crippen molar-refractivity contribution in [2.75, 3.05) is 10.2 Å². The average Bonchev–Trinajstić information content (AvgIpc) is 2.80. The quantitative estimate of drug-likeness (QED) is 0.368. The van der Waals surface area contributed by atoms with Crippen LogP contribution >= 0.6 is 11.6 Å². The second-order valence-corrected chi connectivity index (χ2v) is 7.69. The third-order valence-corrected chi connectivity index (χ3v) is 5.21. The predicted octanol–water partition coefficient (Wildman–Crippen LogP) is 5.46. The summed E-state index contributed by atoms with van der Waals surface area (Å²) < 4.78 is 80.7. The Balaban J connectivity index is 1.80. The lowest BCUT2D eigenvalue weighted by Gasteiger charge is -2.22. The van der Waals surface area contributed by atoms with Crippen LogP contribution in [0.5, 0.6) is 0 Å². The van der Waals surface area contributed by atoms with E-state index in [9.17, 15) is 45.5 Å². The highest BCUT2D eigenvalue weighted by Gasteiger charge is 2.39. The van der Waals surface area contributed by atoms with E-state index in [1.807, 2.05) is 0 Å². The summed E-state index contributed by atoms with van der Waals surface area (Å²) >= 11 is 5.67. The van der Waals surface area contributed by atoms with Gasteiger partial charge in [0, 0.05) is 11.3 Å². The molecular formula is C23H13ClF6N4O4. The van der Waals surface area contributed by atoms with E-state index in [-0.39, 0.29) is 16.2 Å². The van der Waals surface area contributed by atoms with E-state index in [2.05, 4.69) is 5.32 Å². The van der Waals surface area contributed by atoms with Crippen molar-refractivity contribution in [2.24, 2.45) is 5.73 Å². The molecule has 0 aliphatic rings. The normalized spacial score (nSPS) is 11.0. The lowest BCUT2D eigenvalue weighted by atomic mass is 10.1. The Morgan fingerprint density at radius 3 is 1.95 bits per heavy atom. The molecule has 0 saturated heterocycles.